The van der Waals surface area contributed by atoms with E-state index >= 15 is 0 Å². The summed E-state index contributed by atoms with van der Waals surface area (Å²) in [7, 11) is 1.51. The molecule has 0 aliphatic heterocycles. The maximum atomic E-state index is 11.3. The fourth-order valence-corrected chi connectivity index (χ4v) is 2.77. The molecule has 148 valence electrons. The Kier molecular flexibility index (Phi) is 8.09. The fraction of sp³-hybridized carbons (Fsp3) is 0.273. The summed E-state index contributed by atoms with van der Waals surface area (Å²) in [4.78, 5) is 22.3. The van der Waals surface area contributed by atoms with Gasteiger partial charge in [0.25, 0.3) is 0 Å². The molecular weight excluding hydrogens is 358 g/mol. The lowest BCUT2D eigenvalue weighted by Crippen LogP contribution is -2.33. The molecule has 0 aromatic heterocycles. The minimum atomic E-state index is -0.427. The van der Waals surface area contributed by atoms with Gasteiger partial charge in [0.2, 0.25) is 6.41 Å². The Balaban J connectivity index is 2.11. The highest BCUT2D eigenvalue weighted by molar-refractivity contribution is 5.70. The average molecular weight is 383 g/mol. The molecule has 0 saturated carbocycles. The smallest absolute Gasteiger partial charge is 0.308 e. The fourth-order valence-electron chi connectivity index (χ4n) is 2.77. The molecule has 0 bridgehead atoms. The second-order valence-corrected chi connectivity index (χ2v) is 6.09. The molecule has 28 heavy (non-hydrogen) atoms. The van der Waals surface area contributed by atoms with E-state index in [1.54, 1.807) is 12.1 Å². The van der Waals surface area contributed by atoms with Crippen molar-refractivity contribution in [2.45, 2.75) is 32.9 Å². The van der Waals surface area contributed by atoms with Crippen LogP contribution < -0.4 is 14.8 Å². The van der Waals surface area contributed by atoms with Crippen LogP contribution in [0.3, 0.4) is 0 Å². The minimum absolute atomic E-state index is 0.254. The zero-order valence-corrected chi connectivity index (χ0v) is 16.3. The second-order valence-electron chi connectivity index (χ2n) is 6.09. The number of ether oxygens (including phenoxy) is 3. The van der Waals surface area contributed by atoms with Gasteiger partial charge < -0.3 is 19.5 Å². The Bertz CT molecular complexity index is 817. The number of carbonyl (C=O) groups excluding carboxylic acids is 2. The summed E-state index contributed by atoms with van der Waals surface area (Å²) in [6.07, 6.45) is 3.12. The lowest BCUT2D eigenvalue weighted by atomic mass is 10.0. The van der Waals surface area contributed by atoms with Crippen LogP contribution in [0.15, 0.2) is 60.4 Å². The molecule has 0 saturated heterocycles. The van der Waals surface area contributed by atoms with E-state index in [0.717, 1.165) is 11.1 Å². The molecule has 6 heteroatoms. The van der Waals surface area contributed by atoms with E-state index in [-0.39, 0.29) is 12.6 Å². The van der Waals surface area contributed by atoms with E-state index in [1.165, 1.54) is 14.0 Å². The van der Waals surface area contributed by atoms with Crippen molar-refractivity contribution in [2.24, 2.45) is 0 Å². The van der Waals surface area contributed by atoms with E-state index in [2.05, 4.69) is 5.32 Å². The van der Waals surface area contributed by atoms with Gasteiger partial charge in [-0.2, -0.15) is 0 Å². The maximum Gasteiger partial charge on any atom is 0.308 e. The second kappa shape index (κ2) is 10.8. The standard InChI is InChI=1S/C22H25NO5/c1-4-20(19(23-15-24)12-17-8-6-5-7-9-17)27-14-18-10-11-21(26-3)22(13-18)28-16(2)25/h4-11,13,15,19H,12,14H2,1-3H3,(H,23,24)/b20-4+. The van der Waals surface area contributed by atoms with Crippen LogP contribution in [-0.4, -0.2) is 25.5 Å². The van der Waals surface area contributed by atoms with Crippen LogP contribution in [0, 0.1) is 0 Å². The van der Waals surface area contributed by atoms with E-state index in [1.807, 2.05) is 49.4 Å². The molecular formula is C22H25NO5. The first kappa shape index (κ1) is 21.0. The third-order valence-electron chi connectivity index (χ3n) is 4.07. The van der Waals surface area contributed by atoms with Gasteiger partial charge in [-0.15, -0.1) is 0 Å². The van der Waals surface area contributed by atoms with Crippen LogP contribution in [0.4, 0.5) is 0 Å². The van der Waals surface area contributed by atoms with Crippen molar-refractivity contribution in [1.82, 2.24) is 5.32 Å². The average Bonchev–Trinajstić information content (AvgIpc) is 2.69. The van der Waals surface area contributed by atoms with Crippen molar-refractivity contribution in [3.8, 4) is 11.5 Å². The van der Waals surface area contributed by atoms with Crippen LogP contribution in [0.25, 0.3) is 0 Å². The Morgan fingerprint density at radius 2 is 1.86 bits per heavy atom. The Morgan fingerprint density at radius 1 is 1.11 bits per heavy atom. The summed E-state index contributed by atoms with van der Waals surface area (Å²) in [6, 6.07) is 14.8. The number of allylic oxidation sites excluding steroid dienone is 1. The number of methoxy groups -OCH3 is 1. The summed E-state index contributed by atoms with van der Waals surface area (Å²) in [5.74, 6) is 1.03. The Morgan fingerprint density at radius 3 is 2.46 bits per heavy atom. The lowest BCUT2D eigenvalue weighted by molar-refractivity contribution is -0.132. The monoisotopic (exact) mass is 383 g/mol. The molecule has 0 radical (unpaired) electrons. The molecule has 2 rings (SSSR count). The highest BCUT2D eigenvalue weighted by Gasteiger charge is 2.16. The molecule has 0 aliphatic carbocycles. The summed E-state index contributed by atoms with van der Waals surface area (Å²) >= 11 is 0. The van der Waals surface area contributed by atoms with Crippen molar-refractivity contribution >= 4 is 12.4 Å². The van der Waals surface area contributed by atoms with Crippen LogP contribution in [-0.2, 0) is 27.4 Å². The molecule has 0 heterocycles. The molecule has 1 atom stereocenters. The summed E-state index contributed by atoms with van der Waals surface area (Å²) in [5, 5.41) is 2.81. The third kappa shape index (κ3) is 6.16. The normalized spacial score (nSPS) is 12.0. The van der Waals surface area contributed by atoms with E-state index in [4.69, 9.17) is 14.2 Å². The summed E-state index contributed by atoms with van der Waals surface area (Å²) in [6.45, 7) is 3.45. The third-order valence-corrected chi connectivity index (χ3v) is 4.07. The van der Waals surface area contributed by atoms with Crippen LogP contribution in [0.5, 0.6) is 11.5 Å². The lowest BCUT2D eigenvalue weighted by Gasteiger charge is -2.21. The van der Waals surface area contributed by atoms with Crippen LogP contribution in [0.2, 0.25) is 0 Å². The number of nitrogens with one attached hydrogen (secondary N) is 1. The van der Waals surface area contributed by atoms with Gasteiger partial charge in [0.05, 0.1) is 13.2 Å². The number of carbonyl (C=O) groups is 2. The Hall–Kier alpha value is -3.28. The molecule has 1 amide bonds. The van der Waals surface area contributed by atoms with Gasteiger partial charge in [-0.3, -0.25) is 9.59 Å². The summed E-state index contributed by atoms with van der Waals surface area (Å²) in [5.41, 5.74) is 1.90. The van der Waals surface area contributed by atoms with Crippen molar-refractivity contribution in [3.63, 3.8) is 0 Å². The molecule has 0 spiro atoms. The maximum absolute atomic E-state index is 11.3. The van der Waals surface area contributed by atoms with E-state index < -0.39 is 5.97 Å². The van der Waals surface area contributed by atoms with Gasteiger partial charge >= 0.3 is 5.97 Å². The number of benzene rings is 2. The van der Waals surface area contributed by atoms with Crippen molar-refractivity contribution in [2.75, 3.05) is 7.11 Å². The first-order chi connectivity index (χ1) is 13.6. The van der Waals surface area contributed by atoms with Gasteiger partial charge in [0, 0.05) is 6.92 Å². The molecule has 2 aromatic carbocycles. The van der Waals surface area contributed by atoms with Gasteiger partial charge in [-0.05, 0) is 42.7 Å². The molecule has 2 aromatic rings. The highest BCUT2D eigenvalue weighted by atomic mass is 16.6. The molecule has 0 fully saturated rings. The minimum Gasteiger partial charge on any atom is -0.493 e. The van der Waals surface area contributed by atoms with Crippen LogP contribution >= 0.6 is 0 Å². The molecule has 1 unspecified atom stereocenters. The van der Waals surface area contributed by atoms with Gasteiger partial charge in [-0.1, -0.05) is 36.4 Å². The zero-order valence-electron chi connectivity index (χ0n) is 16.3. The number of hydrogen-bond donors (Lipinski definition) is 1. The number of amides is 1. The predicted molar refractivity (Wildman–Crippen MR) is 106 cm³/mol. The molecule has 0 aliphatic rings. The first-order valence-corrected chi connectivity index (χ1v) is 8.95. The quantitative estimate of drug-likeness (QED) is 0.295. The van der Waals surface area contributed by atoms with E-state index in [9.17, 15) is 9.59 Å². The van der Waals surface area contributed by atoms with Gasteiger partial charge in [-0.25, -0.2) is 0 Å². The largest absolute Gasteiger partial charge is 0.493 e. The number of hydrogen-bond acceptors (Lipinski definition) is 5. The zero-order chi connectivity index (χ0) is 20.4. The summed E-state index contributed by atoms with van der Waals surface area (Å²) < 4.78 is 16.3. The number of esters is 1. The highest BCUT2D eigenvalue weighted by Crippen LogP contribution is 2.29. The predicted octanol–water partition coefficient (Wildman–Crippen LogP) is 3.40. The topological polar surface area (TPSA) is 73.9 Å². The molecule has 6 nitrogen and oxygen atoms in total. The number of rotatable bonds is 10. The van der Waals surface area contributed by atoms with Gasteiger partial charge in [0.15, 0.2) is 11.5 Å². The molecule has 1 N–H and O–H groups in total. The van der Waals surface area contributed by atoms with Crippen molar-refractivity contribution in [3.05, 3.63) is 71.5 Å². The Labute approximate surface area is 165 Å². The van der Waals surface area contributed by atoms with Crippen molar-refractivity contribution in [1.29, 1.82) is 0 Å². The van der Waals surface area contributed by atoms with Crippen molar-refractivity contribution < 1.29 is 23.8 Å². The first-order valence-electron chi connectivity index (χ1n) is 8.95. The van der Waals surface area contributed by atoms with Gasteiger partial charge in [0.1, 0.15) is 12.4 Å². The van der Waals surface area contributed by atoms with Crippen LogP contribution in [0.1, 0.15) is 25.0 Å². The van der Waals surface area contributed by atoms with E-state index in [0.29, 0.717) is 30.1 Å². The SMILES string of the molecule is C/C=C(/OCc1ccc(OC)c(OC(C)=O)c1)C(Cc1ccccc1)NC=O.